The molecule has 0 unspecified atom stereocenters. The number of aromatic carboxylic acids is 1. The van der Waals surface area contributed by atoms with Gasteiger partial charge in [-0.1, -0.05) is 30.0 Å². The van der Waals surface area contributed by atoms with Crippen molar-refractivity contribution in [3.8, 4) is 0 Å². The van der Waals surface area contributed by atoms with Crippen LogP contribution in [0.25, 0.3) is 0 Å². The third-order valence-corrected chi connectivity index (χ3v) is 3.03. The third-order valence-electron chi connectivity index (χ3n) is 2.01. The number of halogens is 1. The van der Waals surface area contributed by atoms with Gasteiger partial charge in [-0.3, -0.25) is 0 Å². The fraction of sp³-hybridized carbons (Fsp3) is 0. The molecule has 0 amide bonds. The molecule has 0 fully saturated rings. The molecule has 2 aromatic rings. The molecular formula is C12H8FNO2S. The lowest BCUT2D eigenvalue weighted by Gasteiger charge is -2.04. The highest BCUT2D eigenvalue weighted by atomic mass is 32.2. The van der Waals surface area contributed by atoms with E-state index in [1.54, 1.807) is 0 Å². The monoisotopic (exact) mass is 249 g/mol. The van der Waals surface area contributed by atoms with Crippen molar-refractivity contribution < 1.29 is 14.3 Å². The maximum atomic E-state index is 12.9. The van der Waals surface area contributed by atoms with Crippen molar-refractivity contribution in [1.82, 2.24) is 4.98 Å². The molecule has 0 aliphatic rings. The Labute approximate surface area is 101 Å². The summed E-state index contributed by atoms with van der Waals surface area (Å²) >= 11 is 1.19. The van der Waals surface area contributed by atoms with E-state index >= 15 is 0 Å². The number of nitrogens with zero attached hydrogens (tertiary/aromatic N) is 1. The second-order valence-electron chi connectivity index (χ2n) is 3.23. The molecular weight excluding hydrogens is 241 g/mol. The highest BCUT2D eigenvalue weighted by molar-refractivity contribution is 7.99. The van der Waals surface area contributed by atoms with Crippen LogP contribution in [-0.2, 0) is 0 Å². The van der Waals surface area contributed by atoms with Crippen LogP contribution in [0.3, 0.4) is 0 Å². The molecule has 86 valence electrons. The Balaban J connectivity index is 2.36. The molecule has 0 radical (unpaired) electrons. The molecule has 0 bridgehead atoms. The molecule has 5 heteroatoms. The van der Waals surface area contributed by atoms with E-state index in [4.69, 9.17) is 5.11 Å². The predicted molar refractivity (Wildman–Crippen MR) is 61.7 cm³/mol. The van der Waals surface area contributed by atoms with E-state index in [2.05, 4.69) is 4.98 Å². The number of hydrogen-bond donors (Lipinski definition) is 1. The standard InChI is InChI=1S/C12H8FNO2S/c13-8-6-10(12(15)16)11(14-7-8)17-9-4-2-1-3-5-9/h1-7H,(H,15,16). The summed E-state index contributed by atoms with van der Waals surface area (Å²) in [7, 11) is 0. The number of hydrogen-bond acceptors (Lipinski definition) is 3. The summed E-state index contributed by atoms with van der Waals surface area (Å²) < 4.78 is 12.9. The minimum atomic E-state index is -1.18. The quantitative estimate of drug-likeness (QED) is 0.908. The van der Waals surface area contributed by atoms with Gasteiger partial charge in [-0.05, 0) is 18.2 Å². The van der Waals surface area contributed by atoms with E-state index < -0.39 is 11.8 Å². The molecule has 2 rings (SSSR count). The van der Waals surface area contributed by atoms with Crippen LogP contribution in [0.5, 0.6) is 0 Å². The van der Waals surface area contributed by atoms with E-state index in [0.29, 0.717) is 0 Å². The first-order chi connectivity index (χ1) is 8.16. The number of aromatic nitrogens is 1. The van der Waals surface area contributed by atoms with Crippen molar-refractivity contribution in [2.24, 2.45) is 0 Å². The van der Waals surface area contributed by atoms with Crippen LogP contribution in [0.1, 0.15) is 10.4 Å². The highest BCUT2D eigenvalue weighted by Crippen LogP contribution is 2.28. The van der Waals surface area contributed by atoms with E-state index in [1.807, 2.05) is 30.3 Å². The summed E-state index contributed by atoms with van der Waals surface area (Å²) in [6.45, 7) is 0. The Morgan fingerprint density at radius 1 is 1.29 bits per heavy atom. The summed E-state index contributed by atoms with van der Waals surface area (Å²) in [5, 5.41) is 9.23. The van der Waals surface area contributed by atoms with E-state index in [1.165, 1.54) is 11.8 Å². The van der Waals surface area contributed by atoms with Crippen molar-refractivity contribution in [3.63, 3.8) is 0 Å². The van der Waals surface area contributed by atoms with Gasteiger partial charge in [-0.2, -0.15) is 0 Å². The number of benzene rings is 1. The lowest BCUT2D eigenvalue weighted by atomic mass is 10.3. The largest absolute Gasteiger partial charge is 0.478 e. The zero-order valence-corrected chi connectivity index (χ0v) is 9.45. The molecule has 1 aromatic heterocycles. The topological polar surface area (TPSA) is 50.2 Å². The fourth-order valence-electron chi connectivity index (χ4n) is 1.26. The van der Waals surface area contributed by atoms with E-state index in [-0.39, 0.29) is 10.6 Å². The summed E-state index contributed by atoms with van der Waals surface area (Å²) in [6, 6.07) is 10.2. The molecule has 3 nitrogen and oxygen atoms in total. The number of rotatable bonds is 3. The predicted octanol–water partition coefficient (Wildman–Crippen LogP) is 3.07. The number of pyridine rings is 1. The van der Waals surface area contributed by atoms with Gasteiger partial charge in [0.2, 0.25) is 0 Å². The zero-order chi connectivity index (χ0) is 12.3. The summed E-state index contributed by atoms with van der Waals surface area (Å²) in [6.07, 6.45) is 1.01. The zero-order valence-electron chi connectivity index (χ0n) is 8.63. The van der Waals surface area contributed by atoms with E-state index in [0.717, 1.165) is 17.2 Å². The highest BCUT2D eigenvalue weighted by Gasteiger charge is 2.13. The minimum Gasteiger partial charge on any atom is -0.478 e. The third kappa shape index (κ3) is 2.82. The van der Waals surface area contributed by atoms with Crippen molar-refractivity contribution in [1.29, 1.82) is 0 Å². The van der Waals surface area contributed by atoms with Gasteiger partial charge in [-0.15, -0.1) is 0 Å². The maximum absolute atomic E-state index is 12.9. The average Bonchev–Trinajstić information content (AvgIpc) is 2.32. The van der Waals surface area contributed by atoms with Crippen molar-refractivity contribution in [2.75, 3.05) is 0 Å². The number of carboxylic acids is 1. The molecule has 0 aliphatic carbocycles. The van der Waals surface area contributed by atoms with Crippen molar-refractivity contribution in [3.05, 3.63) is 54.0 Å². The molecule has 0 atom stereocenters. The Hall–Kier alpha value is -1.88. The molecule has 0 saturated carbocycles. The van der Waals surface area contributed by atoms with Gasteiger partial charge >= 0.3 is 5.97 Å². The first-order valence-electron chi connectivity index (χ1n) is 4.78. The second-order valence-corrected chi connectivity index (χ2v) is 4.29. The van der Waals surface area contributed by atoms with Crippen LogP contribution in [-0.4, -0.2) is 16.1 Å². The first kappa shape index (κ1) is 11.6. The Kier molecular flexibility index (Phi) is 3.39. The van der Waals surface area contributed by atoms with Crippen LogP contribution >= 0.6 is 11.8 Å². The normalized spacial score (nSPS) is 10.2. The van der Waals surface area contributed by atoms with Gasteiger partial charge in [0, 0.05) is 4.90 Å². The number of carbonyl (C=O) groups is 1. The van der Waals surface area contributed by atoms with Gasteiger partial charge in [0.25, 0.3) is 0 Å². The van der Waals surface area contributed by atoms with Gasteiger partial charge in [0.05, 0.1) is 11.8 Å². The summed E-state index contributed by atoms with van der Waals surface area (Å²) in [5.41, 5.74) is -0.126. The van der Waals surface area contributed by atoms with Crippen molar-refractivity contribution in [2.45, 2.75) is 9.92 Å². The summed E-state index contributed by atoms with van der Waals surface area (Å²) in [5.74, 6) is -1.84. The van der Waals surface area contributed by atoms with Gasteiger partial charge in [0.1, 0.15) is 10.8 Å². The minimum absolute atomic E-state index is 0.126. The van der Waals surface area contributed by atoms with Crippen LogP contribution in [0.2, 0.25) is 0 Å². The van der Waals surface area contributed by atoms with Gasteiger partial charge in [0.15, 0.2) is 0 Å². The second kappa shape index (κ2) is 4.97. The smallest absolute Gasteiger partial charge is 0.338 e. The Bertz CT molecular complexity index is 545. The lowest BCUT2D eigenvalue weighted by Crippen LogP contribution is -2.01. The van der Waals surface area contributed by atoms with Crippen LogP contribution in [0.15, 0.2) is 52.5 Å². The summed E-state index contributed by atoms with van der Waals surface area (Å²) in [4.78, 5) is 15.6. The SMILES string of the molecule is O=C(O)c1cc(F)cnc1Sc1ccccc1. The Morgan fingerprint density at radius 3 is 2.65 bits per heavy atom. The molecule has 1 N–H and O–H groups in total. The van der Waals surface area contributed by atoms with Crippen LogP contribution < -0.4 is 0 Å². The maximum Gasteiger partial charge on any atom is 0.338 e. The first-order valence-corrected chi connectivity index (χ1v) is 5.60. The lowest BCUT2D eigenvalue weighted by molar-refractivity contribution is 0.0691. The number of carboxylic acid groups (broad SMARTS) is 1. The molecule has 0 saturated heterocycles. The molecule has 1 heterocycles. The van der Waals surface area contributed by atoms with Crippen LogP contribution in [0.4, 0.5) is 4.39 Å². The van der Waals surface area contributed by atoms with Gasteiger partial charge in [-0.25, -0.2) is 14.2 Å². The molecule has 1 aromatic carbocycles. The van der Waals surface area contributed by atoms with Crippen LogP contribution in [0, 0.1) is 5.82 Å². The Morgan fingerprint density at radius 2 is 2.00 bits per heavy atom. The van der Waals surface area contributed by atoms with E-state index in [9.17, 15) is 9.18 Å². The average molecular weight is 249 g/mol. The fourth-order valence-corrected chi connectivity index (χ4v) is 2.14. The van der Waals surface area contributed by atoms with Gasteiger partial charge < -0.3 is 5.11 Å². The molecule has 0 spiro atoms. The van der Waals surface area contributed by atoms with Crippen molar-refractivity contribution >= 4 is 17.7 Å². The molecule has 0 aliphatic heterocycles. The molecule has 17 heavy (non-hydrogen) atoms.